The summed E-state index contributed by atoms with van der Waals surface area (Å²) in [6, 6.07) is 8.94. The number of benzene rings is 1. The SMILES string of the molecule is CCNC(c1ccncc1)c1c(C)cc(C)cc1C. The molecule has 1 aromatic heterocycles. The average Bonchev–Trinajstić information content (AvgIpc) is 2.37. The van der Waals surface area contributed by atoms with Crippen LogP contribution < -0.4 is 5.32 Å². The van der Waals surface area contributed by atoms with E-state index in [4.69, 9.17) is 0 Å². The Hall–Kier alpha value is -1.67. The summed E-state index contributed by atoms with van der Waals surface area (Å²) in [6.07, 6.45) is 3.72. The molecule has 0 aliphatic carbocycles. The topological polar surface area (TPSA) is 24.9 Å². The van der Waals surface area contributed by atoms with Gasteiger partial charge in [-0.1, -0.05) is 24.6 Å². The summed E-state index contributed by atoms with van der Waals surface area (Å²) >= 11 is 0. The number of aryl methyl sites for hydroxylation is 3. The molecule has 0 radical (unpaired) electrons. The number of aromatic nitrogens is 1. The van der Waals surface area contributed by atoms with Gasteiger partial charge < -0.3 is 5.32 Å². The Morgan fingerprint density at radius 2 is 1.63 bits per heavy atom. The molecule has 1 aromatic carbocycles. The van der Waals surface area contributed by atoms with Crippen molar-refractivity contribution >= 4 is 0 Å². The Morgan fingerprint density at radius 3 is 2.16 bits per heavy atom. The Bertz CT molecular complexity index is 523. The molecule has 1 heterocycles. The third kappa shape index (κ3) is 3.02. The van der Waals surface area contributed by atoms with Gasteiger partial charge in [-0.25, -0.2) is 0 Å². The summed E-state index contributed by atoms with van der Waals surface area (Å²) in [7, 11) is 0. The summed E-state index contributed by atoms with van der Waals surface area (Å²) in [5.74, 6) is 0. The van der Waals surface area contributed by atoms with Crippen LogP contribution in [0.5, 0.6) is 0 Å². The highest BCUT2D eigenvalue weighted by Gasteiger charge is 2.17. The normalized spacial score (nSPS) is 12.4. The smallest absolute Gasteiger partial charge is 0.0582 e. The second kappa shape index (κ2) is 5.98. The van der Waals surface area contributed by atoms with E-state index in [-0.39, 0.29) is 6.04 Å². The molecule has 0 saturated carbocycles. The van der Waals surface area contributed by atoms with Gasteiger partial charge in [-0.05, 0) is 61.7 Å². The van der Waals surface area contributed by atoms with E-state index in [1.807, 2.05) is 12.4 Å². The summed E-state index contributed by atoms with van der Waals surface area (Å²) < 4.78 is 0. The molecule has 2 aromatic rings. The van der Waals surface area contributed by atoms with Crippen molar-refractivity contribution in [1.29, 1.82) is 0 Å². The molecule has 0 aliphatic heterocycles. The Kier molecular flexibility index (Phi) is 4.33. The fourth-order valence-corrected chi connectivity index (χ4v) is 2.79. The lowest BCUT2D eigenvalue weighted by atomic mass is 9.90. The summed E-state index contributed by atoms with van der Waals surface area (Å²) in [6.45, 7) is 9.63. The molecule has 0 spiro atoms. The third-order valence-electron chi connectivity index (χ3n) is 3.47. The van der Waals surface area contributed by atoms with Gasteiger partial charge in [-0.3, -0.25) is 4.98 Å². The van der Waals surface area contributed by atoms with E-state index in [0.717, 1.165) is 6.54 Å². The number of pyridine rings is 1. The van der Waals surface area contributed by atoms with Gasteiger partial charge in [0.25, 0.3) is 0 Å². The van der Waals surface area contributed by atoms with E-state index in [1.165, 1.54) is 27.8 Å². The molecule has 0 saturated heterocycles. The van der Waals surface area contributed by atoms with Crippen molar-refractivity contribution in [2.45, 2.75) is 33.7 Å². The lowest BCUT2D eigenvalue weighted by Crippen LogP contribution is -2.23. The number of nitrogens with zero attached hydrogens (tertiary/aromatic N) is 1. The molecule has 0 bridgehead atoms. The molecule has 100 valence electrons. The maximum atomic E-state index is 4.11. The number of hydrogen-bond acceptors (Lipinski definition) is 2. The Labute approximate surface area is 115 Å². The largest absolute Gasteiger partial charge is 0.307 e. The quantitative estimate of drug-likeness (QED) is 0.899. The van der Waals surface area contributed by atoms with Crippen LogP contribution in [0.4, 0.5) is 0 Å². The maximum Gasteiger partial charge on any atom is 0.0582 e. The van der Waals surface area contributed by atoms with Crippen LogP contribution >= 0.6 is 0 Å². The fraction of sp³-hybridized carbons (Fsp3) is 0.353. The zero-order chi connectivity index (χ0) is 13.8. The summed E-state index contributed by atoms with van der Waals surface area (Å²) in [4.78, 5) is 4.11. The first-order chi connectivity index (χ1) is 9.13. The highest BCUT2D eigenvalue weighted by Crippen LogP contribution is 2.28. The minimum absolute atomic E-state index is 0.244. The summed E-state index contributed by atoms with van der Waals surface area (Å²) in [5.41, 5.74) is 6.68. The predicted octanol–water partition coefficient (Wildman–Crippen LogP) is 3.71. The van der Waals surface area contributed by atoms with E-state index < -0.39 is 0 Å². The minimum atomic E-state index is 0.244. The molecule has 2 nitrogen and oxygen atoms in total. The van der Waals surface area contributed by atoms with Gasteiger partial charge in [-0.2, -0.15) is 0 Å². The van der Waals surface area contributed by atoms with E-state index >= 15 is 0 Å². The van der Waals surface area contributed by atoms with Crippen LogP contribution in [0.1, 0.15) is 40.8 Å². The van der Waals surface area contributed by atoms with E-state index in [9.17, 15) is 0 Å². The molecule has 1 atom stereocenters. The first-order valence-electron chi connectivity index (χ1n) is 6.84. The molecule has 0 fully saturated rings. The van der Waals surface area contributed by atoms with Gasteiger partial charge in [-0.15, -0.1) is 0 Å². The van der Waals surface area contributed by atoms with Crippen molar-refractivity contribution in [3.63, 3.8) is 0 Å². The number of nitrogens with one attached hydrogen (secondary N) is 1. The van der Waals surface area contributed by atoms with Gasteiger partial charge in [0.15, 0.2) is 0 Å². The van der Waals surface area contributed by atoms with Gasteiger partial charge >= 0.3 is 0 Å². The Balaban J connectivity index is 2.51. The average molecular weight is 254 g/mol. The fourth-order valence-electron chi connectivity index (χ4n) is 2.79. The molecule has 0 amide bonds. The second-order valence-corrected chi connectivity index (χ2v) is 5.08. The predicted molar refractivity (Wildman–Crippen MR) is 80.4 cm³/mol. The Morgan fingerprint density at radius 1 is 1.05 bits per heavy atom. The highest BCUT2D eigenvalue weighted by molar-refractivity contribution is 5.43. The van der Waals surface area contributed by atoms with Crippen LogP contribution in [0.3, 0.4) is 0 Å². The van der Waals surface area contributed by atoms with Gasteiger partial charge in [0, 0.05) is 12.4 Å². The van der Waals surface area contributed by atoms with E-state index in [1.54, 1.807) is 0 Å². The van der Waals surface area contributed by atoms with Gasteiger partial charge in [0.05, 0.1) is 6.04 Å². The summed E-state index contributed by atoms with van der Waals surface area (Å²) in [5, 5.41) is 3.59. The number of hydrogen-bond donors (Lipinski definition) is 1. The lowest BCUT2D eigenvalue weighted by Gasteiger charge is -2.23. The van der Waals surface area contributed by atoms with Gasteiger partial charge in [0.2, 0.25) is 0 Å². The highest BCUT2D eigenvalue weighted by atomic mass is 14.9. The van der Waals surface area contributed by atoms with Crippen LogP contribution in [0.15, 0.2) is 36.7 Å². The number of rotatable bonds is 4. The zero-order valence-corrected chi connectivity index (χ0v) is 12.2. The van der Waals surface area contributed by atoms with Crippen LogP contribution in [-0.2, 0) is 0 Å². The molecular formula is C17H22N2. The first-order valence-corrected chi connectivity index (χ1v) is 6.84. The first kappa shape index (κ1) is 13.8. The minimum Gasteiger partial charge on any atom is -0.307 e. The standard InChI is InChI=1S/C17H22N2/c1-5-19-17(15-6-8-18-9-7-15)16-13(3)10-12(2)11-14(16)4/h6-11,17,19H,5H2,1-4H3. The third-order valence-corrected chi connectivity index (χ3v) is 3.47. The second-order valence-electron chi connectivity index (χ2n) is 5.08. The van der Waals surface area contributed by atoms with Crippen molar-refractivity contribution in [2.24, 2.45) is 0 Å². The van der Waals surface area contributed by atoms with Crippen molar-refractivity contribution in [2.75, 3.05) is 6.54 Å². The molecule has 1 N–H and O–H groups in total. The van der Waals surface area contributed by atoms with Crippen molar-refractivity contribution in [1.82, 2.24) is 10.3 Å². The molecule has 0 aliphatic rings. The van der Waals surface area contributed by atoms with Crippen LogP contribution in [0.2, 0.25) is 0 Å². The van der Waals surface area contributed by atoms with Crippen LogP contribution in [-0.4, -0.2) is 11.5 Å². The van der Waals surface area contributed by atoms with Crippen molar-refractivity contribution < 1.29 is 0 Å². The van der Waals surface area contributed by atoms with E-state index in [2.05, 4.69) is 62.3 Å². The molecule has 1 unspecified atom stereocenters. The van der Waals surface area contributed by atoms with Crippen molar-refractivity contribution in [3.8, 4) is 0 Å². The van der Waals surface area contributed by atoms with Crippen molar-refractivity contribution in [3.05, 3.63) is 64.5 Å². The maximum absolute atomic E-state index is 4.11. The molecule has 2 heteroatoms. The molecule has 2 rings (SSSR count). The van der Waals surface area contributed by atoms with Gasteiger partial charge in [0.1, 0.15) is 0 Å². The lowest BCUT2D eigenvalue weighted by molar-refractivity contribution is 0.624. The zero-order valence-electron chi connectivity index (χ0n) is 12.2. The van der Waals surface area contributed by atoms with Crippen LogP contribution in [0, 0.1) is 20.8 Å². The molecular weight excluding hydrogens is 232 g/mol. The molecule has 19 heavy (non-hydrogen) atoms. The van der Waals surface area contributed by atoms with Crippen LogP contribution in [0.25, 0.3) is 0 Å². The van der Waals surface area contributed by atoms with E-state index in [0.29, 0.717) is 0 Å². The monoisotopic (exact) mass is 254 g/mol.